The number of para-hydroxylation sites is 1. The first-order valence-corrected chi connectivity index (χ1v) is 13.3. The van der Waals surface area contributed by atoms with Gasteiger partial charge in [-0.05, 0) is 67.4 Å². The third-order valence-electron chi connectivity index (χ3n) is 5.92. The molecule has 192 valence electrons. The number of benzene rings is 3. The zero-order valence-electron chi connectivity index (χ0n) is 20.1. The first-order chi connectivity index (χ1) is 18.2. The summed E-state index contributed by atoms with van der Waals surface area (Å²) in [6.45, 7) is 4.21. The molecule has 12 heteroatoms. The zero-order valence-corrected chi connectivity index (χ0v) is 21.7. The number of anilines is 1. The van der Waals surface area contributed by atoms with E-state index < -0.39 is 6.36 Å². The molecule has 0 unspecified atom stereocenters. The molecule has 0 bridgehead atoms. The number of halogens is 3. The maximum atomic E-state index is 12.4. The Morgan fingerprint density at radius 2 is 1.76 bits per heavy atom. The van der Waals surface area contributed by atoms with E-state index in [9.17, 15) is 13.2 Å². The van der Waals surface area contributed by atoms with Crippen molar-refractivity contribution in [2.45, 2.75) is 20.2 Å². The van der Waals surface area contributed by atoms with E-state index in [1.165, 1.54) is 63.4 Å². The summed E-state index contributed by atoms with van der Waals surface area (Å²) >= 11 is 3.18. The van der Waals surface area contributed by atoms with Gasteiger partial charge in [0, 0.05) is 11.3 Å². The molecule has 0 radical (unpaired) electrons. The number of hydrogen-bond donors (Lipinski definition) is 0. The standard InChI is InChI=1S/C26H19F3N6OS2/c1-15-4-3-5-16(2)22(15)34-14-37-25(34)32-24-31-20-11-6-17(12-21(20)38-24)23-30-13-35(33-23)18-7-9-19(10-8-18)36-26(27,28)29/h3-13H,14H2,1-2H3/b32-25-. The number of thiazole rings is 1. The van der Waals surface area contributed by atoms with Gasteiger partial charge in [0.05, 0.1) is 21.8 Å². The summed E-state index contributed by atoms with van der Waals surface area (Å²) in [5, 5.41) is 6.09. The SMILES string of the molecule is Cc1cccc(C)c1N1CS/C1=N\c1nc2ccc(-c3ncn(-c4ccc(OC(F)(F)F)cc4)n3)cc2s1. The van der Waals surface area contributed by atoms with Crippen molar-refractivity contribution in [3.05, 3.63) is 78.1 Å². The van der Waals surface area contributed by atoms with E-state index in [0.717, 1.165) is 26.8 Å². The topological polar surface area (TPSA) is 68.4 Å². The average molecular weight is 553 g/mol. The van der Waals surface area contributed by atoms with Crippen LogP contribution in [0.3, 0.4) is 0 Å². The Morgan fingerprint density at radius 3 is 2.45 bits per heavy atom. The highest BCUT2D eigenvalue weighted by Gasteiger charge is 2.31. The molecule has 3 heterocycles. The van der Waals surface area contributed by atoms with Crippen LogP contribution >= 0.6 is 23.1 Å². The highest BCUT2D eigenvalue weighted by Crippen LogP contribution is 2.38. The lowest BCUT2D eigenvalue weighted by atomic mass is 10.1. The van der Waals surface area contributed by atoms with Crippen molar-refractivity contribution < 1.29 is 17.9 Å². The molecule has 1 aliphatic heterocycles. The Kier molecular flexibility index (Phi) is 6.07. The van der Waals surface area contributed by atoms with E-state index >= 15 is 0 Å². The van der Waals surface area contributed by atoms with Crippen molar-refractivity contribution in [2.75, 3.05) is 10.8 Å². The van der Waals surface area contributed by atoms with Crippen molar-refractivity contribution in [3.63, 3.8) is 0 Å². The minimum Gasteiger partial charge on any atom is -0.406 e. The molecule has 6 rings (SSSR count). The number of alkyl halides is 3. The van der Waals surface area contributed by atoms with Crippen molar-refractivity contribution in [3.8, 4) is 22.8 Å². The van der Waals surface area contributed by atoms with Crippen LogP contribution < -0.4 is 9.64 Å². The van der Waals surface area contributed by atoms with Crippen LogP contribution in [0, 0.1) is 13.8 Å². The summed E-state index contributed by atoms with van der Waals surface area (Å²) in [6, 6.07) is 17.5. The zero-order chi connectivity index (χ0) is 26.4. The summed E-state index contributed by atoms with van der Waals surface area (Å²) in [5.41, 5.74) is 5.81. The van der Waals surface area contributed by atoms with Gasteiger partial charge >= 0.3 is 6.36 Å². The van der Waals surface area contributed by atoms with E-state index in [1.54, 1.807) is 11.8 Å². The quantitative estimate of drug-likeness (QED) is 0.229. The average Bonchev–Trinajstić information content (AvgIpc) is 3.50. The summed E-state index contributed by atoms with van der Waals surface area (Å²) in [4.78, 5) is 16.1. The largest absolute Gasteiger partial charge is 0.573 e. The number of aliphatic imine (C=N–C) groups is 1. The van der Waals surface area contributed by atoms with Gasteiger partial charge < -0.3 is 9.64 Å². The molecule has 0 atom stereocenters. The highest BCUT2D eigenvalue weighted by atomic mass is 32.2. The number of aromatic nitrogens is 4. The molecule has 38 heavy (non-hydrogen) atoms. The van der Waals surface area contributed by atoms with Crippen molar-refractivity contribution in [1.29, 1.82) is 0 Å². The smallest absolute Gasteiger partial charge is 0.406 e. The highest BCUT2D eigenvalue weighted by molar-refractivity contribution is 8.16. The molecule has 5 aromatic rings. The van der Waals surface area contributed by atoms with Gasteiger partial charge in [-0.15, -0.1) is 18.3 Å². The molecular weight excluding hydrogens is 533 g/mol. The number of rotatable bonds is 5. The second kappa shape index (κ2) is 9.44. The molecule has 1 fully saturated rings. The predicted octanol–water partition coefficient (Wildman–Crippen LogP) is 7.26. The van der Waals surface area contributed by atoms with Gasteiger partial charge in [-0.2, -0.15) is 4.99 Å². The fourth-order valence-corrected chi connectivity index (χ4v) is 5.85. The first kappa shape index (κ1) is 24.4. The number of aryl methyl sites for hydroxylation is 2. The normalized spacial score (nSPS) is 14.8. The maximum absolute atomic E-state index is 12.4. The lowest BCUT2D eigenvalue weighted by Gasteiger charge is -2.35. The molecule has 0 amide bonds. The van der Waals surface area contributed by atoms with Crippen molar-refractivity contribution in [2.24, 2.45) is 4.99 Å². The summed E-state index contributed by atoms with van der Waals surface area (Å²) in [6.07, 6.45) is -3.22. The molecule has 7 nitrogen and oxygen atoms in total. The summed E-state index contributed by atoms with van der Waals surface area (Å²) in [5.74, 6) is 1.04. The number of fused-ring (bicyclic) bond motifs is 1. The third kappa shape index (κ3) is 4.84. The number of hydrogen-bond acceptors (Lipinski definition) is 7. The fraction of sp³-hybridized carbons (Fsp3) is 0.154. The molecule has 1 aliphatic rings. The third-order valence-corrected chi connectivity index (χ3v) is 7.79. The van der Waals surface area contributed by atoms with Gasteiger partial charge in [-0.25, -0.2) is 14.6 Å². The molecular formula is C26H19F3N6OS2. The van der Waals surface area contributed by atoms with Gasteiger partial charge in [0.15, 0.2) is 11.0 Å². The molecule has 0 spiro atoms. The maximum Gasteiger partial charge on any atom is 0.573 e. The molecule has 0 saturated carbocycles. The van der Waals surface area contributed by atoms with Gasteiger partial charge in [-0.1, -0.05) is 41.3 Å². The van der Waals surface area contributed by atoms with Crippen LogP contribution in [-0.4, -0.2) is 37.2 Å². The van der Waals surface area contributed by atoms with Gasteiger partial charge in [0.2, 0.25) is 5.13 Å². The first-order valence-electron chi connectivity index (χ1n) is 11.5. The number of thioether (sulfide) groups is 1. The molecule has 3 aromatic carbocycles. The summed E-state index contributed by atoms with van der Waals surface area (Å²) < 4.78 is 43.6. The van der Waals surface area contributed by atoms with E-state index in [-0.39, 0.29) is 5.75 Å². The van der Waals surface area contributed by atoms with E-state index in [4.69, 9.17) is 4.99 Å². The van der Waals surface area contributed by atoms with Crippen LogP contribution in [0.25, 0.3) is 27.3 Å². The molecule has 2 aromatic heterocycles. The second-order valence-electron chi connectivity index (χ2n) is 8.57. The van der Waals surface area contributed by atoms with Gasteiger partial charge in [0.25, 0.3) is 0 Å². The minimum atomic E-state index is -4.74. The second-order valence-corrected chi connectivity index (χ2v) is 10.5. The van der Waals surface area contributed by atoms with Crippen LogP contribution in [0.2, 0.25) is 0 Å². The van der Waals surface area contributed by atoms with Gasteiger partial charge in [-0.3, -0.25) is 0 Å². The van der Waals surface area contributed by atoms with E-state index in [1.807, 2.05) is 18.2 Å². The fourth-order valence-electron chi connectivity index (χ4n) is 4.17. The van der Waals surface area contributed by atoms with Crippen LogP contribution in [0.5, 0.6) is 5.75 Å². The van der Waals surface area contributed by atoms with Crippen LogP contribution in [0.4, 0.5) is 24.0 Å². The minimum absolute atomic E-state index is 0.297. The lowest BCUT2D eigenvalue weighted by molar-refractivity contribution is -0.274. The number of amidine groups is 1. The summed E-state index contributed by atoms with van der Waals surface area (Å²) in [7, 11) is 0. The lowest BCUT2D eigenvalue weighted by Crippen LogP contribution is -2.39. The molecule has 0 aliphatic carbocycles. The molecule has 1 saturated heterocycles. The van der Waals surface area contributed by atoms with Crippen LogP contribution in [0.15, 0.2) is 72.0 Å². The van der Waals surface area contributed by atoms with Crippen molar-refractivity contribution in [1.82, 2.24) is 19.7 Å². The van der Waals surface area contributed by atoms with Crippen LogP contribution in [0.1, 0.15) is 11.1 Å². The van der Waals surface area contributed by atoms with Crippen molar-refractivity contribution >= 4 is 49.3 Å². The number of ether oxygens (including phenoxy) is 1. The Morgan fingerprint density at radius 1 is 1.00 bits per heavy atom. The van der Waals surface area contributed by atoms with Crippen LogP contribution in [-0.2, 0) is 0 Å². The number of nitrogens with zero attached hydrogens (tertiary/aromatic N) is 6. The molecule has 0 N–H and O–H groups in total. The van der Waals surface area contributed by atoms with E-state index in [2.05, 4.69) is 56.7 Å². The Labute approximate surface area is 223 Å². The van der Waals surface area contributed by atoms with Gasteiger partial charge in [0.1, 0.15) is 12.1 Å². The Hall–Kier alpha value is -3.90. The Balaban J connectivity index is 1.23. The monoisotopic (exact) mass is 552 g/mol. The van der Waals surface area contributed by atoms with E-state index in [0.29, 0.717) is 16.6 Å². The predicted molar refractivity (Wildman–Crippen MR) is 145 cm³/mol. The Bertz CT molecular complexity index is 1660.